The molecule has 0 radical (unpaired) electrons. The number of carbonyl (C=O) groups is 1. The van der Waals surface area contributed by atoms with Gasteiger partial charge in [0.1, 0.15) is 5.82 Å². The van der Waals surface area contributed by atoms with E-state index in [0.29, 0.717) is 6.42 Å². The maximum absolute atomic E-state index is 12.1. The molecule has 0 saturated carbocycles. The van der Waals surface area contributed by atoms with Crippen molar-refractivity contribution in [2.75, 3.05) is 31.1 Å². The zero-order valence-electron chi connectivity index (χ0n) is 13.0. The van der Waals surface area contributed by atoms with Gasteiger partial charge in [0.05, 0.1) is 0 Å². The Kier molecular flexibility index (Phi) is 9.91. The minimum absolute atomic E-state index is 0. The van der Waals surface area contributed by atoms with Crippen LogP contribution in [0.4, 0.5) is 5.13 Å². The molecule has 1 fully saturated rings. The lowest BCUT2D eigenvalue weighted by Gasteiger charge is -2.21. The smallest absolute Gasteiger partial charge is 0.222 e. The van der Waals surface area contributed by atoms with E-state index in [1.807, 2.05) is 18.7 Å². The molecule has 0 aromatic carbocycles. The Bertz CT molecular complexity index is 457. The van der Waals surface area contributed by atoms with E-state index in [-0.39, 0.29) is 36.8 Å². The summed E-state index contributed by atoms with van der Waals surface area (Å²) < 4.78 is 4.22. The molecule has 1 aliphatic rings. The second-order valence-electron chi connectivity index (χ2n) is 5.36. The number of nitrogens with zero attached hydrogens (tertiary/aromatic N) is 4. The minimum Gasteiger partial charge on any atom is -0.345 e. The number of aromatic nitrogens is 2. The topological polar surface area (TPSA) is 75.4 Å². The van der Waals surface area contributed by atoms with Crippen LogP contribution in [-0.2, 0) is 4.79 Å². The molecule has 1 saturated heterocycles. The largest absolute Gasteiger partial charge is 0.345 e. The van der Waals surface area contributed by atoms with Gasteiger partial charge in [0.25, 0.3) is 0 Å². The summed E-state index contributed by atoms with van der Waals surface area (Å²) in [6.07, 6.45) is 2.28. The lowest BCUT2D eigenvalue weighted by molar-refractivity contribution is -0.131. The molecule has 1 atom stereocenters. The lowest BCUT2D eigenvalue weighted by atomic mass is 10.2. The second kappa shape index (κ2) is 10.2. The van der Waals surface area contributed by atoms with E-state index in [9.17, 15) is 4.79 Å². The van der Waals surface area contributed by atoms with E-state index in [1.165, 1.54) is 11.5 Å². The van der Waals surface area contributed by atoms with Gasteiger partial charge in [-0.2, -0.15) is 4.37 Å². The number of hydrogen-bond donors (Lipinski definition) is 1. The molecule has 1 aromatic heterocycles. The van der Waals surface area contributed by atoms with Crippen LogP contribution in [0, 0.1) is 6.92 Å². The Hall–Kier alpha value is -0.630. The van der Waals surface area contributed by atoms with E-state index >= 15 is 0 Å². The lowest BCUT2D eigenvalue weighted by Crippen LogP contribution is -2.35. The van der Waals surface area contributed by atoms with Gasteiger partial charge in [-0.1, -0.05) is 0 Å². The van der Waals surface area contributed by atoms with Gasteiger partial charge in [-0.05, 0) is 26.7 Å². The molecule has 0 bridgehead atoms. The van der Waals surface area contributed by atoms with Crippen LogP contribution < -0.4 is 10.6 Å². The Morgan fingerprint density at radius 3 is 2.64 bits per heavy atom. The van der Waals surface area contributed by atoms with Gasteiger partial charge in [0, 0.05) is 50.2 Å². The van der Waals surface area contributed by atoms with E-state index in [1.54, 1.807) is 0 Å². The van der Waals surface area contributed by atoms with Gasteiger partial charge < -0.3 is 15.5 Å². The molecule has 2 N–H and O–H groups in total. The number of aryl methyl sites for hydroxylation is 1. The fourth-order valence-corrected chi connectivity index (χ4v) is 3.01. The third-order valence-corrected chi connectivity index (χ3v) is 4.32. The first kappa shape index (κ1) is 21.4. The van der Waals surface area contributed by atoms with Crippen molar-refractivity contribution >= 4 is 47.4 Å². The van der Waals surface area contributed by atoms with Gasteiger partial charge in [-0.15, -0.1) is 24.8 Å². The summed E-state index contributed by atoms with van der Waals surface area (Å²) in [6, 6.07) is 0.0896. The SMILES string of the molecule is Cc1nsc(N2CCCN(C(=O)CCC(C)N)CC2)n1.Cl.Cl. The van der Waals surface area contributed by atoms with Crippen molar-refractivity contribution in [2.24, 2.45) is 5.73 Å². The molecule has 6 nitrogen and oxygen atoms in total. The van der Waals surface area contributed by atoms with Crippen LogP contribution in [0.5, 0.6) is 0 Å². The standard InChI is InChI=1S/C13H23N5OS.2ClH/c1-10(14)4-5-12(19)17-6-3-7-18(9-8-17)13-15-11(2)16-20-13;;/h10H,3-9,14H2,1-2H3;2*1H. The fraction of sp³-hybridized carbons (Fsp3) is 0.769. The van der Waals surface area contributed by atoms with E-state index < -0.39 is 0 Å². The van der Waals surface area contributed by atoms with Crippen molar-refractivity contribution in [3.63, 3.8) is 0 Å². The first-order valence-electron chi connectivity index (χ1n) is 7.15. The van der Waals surface area contributed by atoms with Crippen molar-refractivity contribution in [1.82, 2.24) is 14.3 Å². The molecule has 1 amide bonds. The summed E-state index contributed by atoms with van der Waals surface area (Å²) in [5.41, 5.74) is 5.71. The van der Waals surface area contributed by atoms with Crippen molar-refractivity contribution in [2.45, 2.75) is 39.2 Å². The van der Waals surface area contributed by atoms with Gasteiger partial charge >= 0.3 is 0 Å². The molecule has 1 aromatic rings. The van der Waals surface area contributed by atoms with Crippen LogP contribution in [0.15, 0.2) is 0 Å². The number of carbonyl (C=O) groups excluding carboxylic acids is 1. The van der Waals surface area contributed by atoms with Crippen LogP contribution in [0.3, 0.4) is 0 Å². The molecular formula is C13H25Cl2N5OS. The monoisotopic (exact) mass is 369 g/mol. The molecule has 0 spiro atoms. The molecular weight excluding hydrogens is 345 g/mol. The van der Waals surface area contributed by atoms with Crippen molar-refractivity contribution < 1.29 is 4.79 Å². The maximum Gasteiger partial charge on any atom is 0.222 e. The summed E-state index contributed by atoms with van der Waals surface area (Å²) in [4.78, 5) is 20.7. The highest BCUT2D eigenvalue weighted by Gasteiger charge is 2.20. The van der Waals surface area contributed by atoms with Gasteiger partial charge in [-0.25, -0.2) is 4.98 Å². The summed E-state index contributed by atoms with van der Waals surface area (Å²) in [7, 11) is 0. The summed E-state index contributed by atoms with van der Waals surface area (Å²) in [5.74, 6) is 1.04. The van der Waals surface area contributed by atoms with Crippen LogP contribution >= 0.6 is 36.3 Å². The van der Waals surface area contributed by atoms with Crippen LogP contribution in [-0.4, -0.2) is 52.4 Å². The highest BCUT2D eigenvalue weighted by atomic mass is 35.5. The van der Waals surface area contributed by atoms with Gasteiger partial charge in [-0.3, -0.25) is 4.79 Å². The molecule has 9 heteroatoms. The summed E-state index contributed by atoms with van der Waals surface area (Å²) in [5, 5.41) is 0.965. The Morgan fingerprint density at radius 2 is 2.05 bits per heavy atom. The highest BCUT2D eigenvalue weighted by Crippen LogP contribution is 2.19. The third kappa shape index (κ3) is 6.24. The number of anilines is 1. The summed E-state index contributed by atoms with van der Waals surface area (Å²) in [6.45, 7) is 7.20. The first-order chi connectivity index (χ1) is 9.56. The molecule has 0 aliphatic carbocycles. The quantitative estimate of drug-likeness (QED) is 0.876. The molecule has 2 rings (SSSR count). The molecule has 22 heavy (non-hydrogen) atoms. The minimum atomic E-state index is 0. The number of rotatable bonds is 4. The Labute approximate surface area is 148 Å². The van der Waals surface area contributed by atoms with Gasteiger partial charge in [0.15, 0.2) is 0 Å². The normalized spacial score (nSPS) is 16.3. The predicted molar refractivity (Wildman–Crippen MR) is 95.4 cm³/mol. The van der Waals surface area contributed by atoms with Gasteiger partial charge in [0.2, 0.25) is 11.0 Å². The Morgan fingerprint density at radius 1 is 1.32 bits per heavy atom. The predicted octanol–water partition coefficient (Wildman–Crippen LogP) is 1.86. The third-order valence-electron chi connectivity index (χ3n) is 3.45. The zero-order valence-corrected chi connectivity index (χ0v) is 15.5. The molecule has 2 heterocycles. The first-order valence-corrected chi connectivity index (χ1v) is 7.92. The average Bonchev–Trinajstić information content (AvgIpc) is 2.70. The summed E-state index contributed by atoms with van der Waals surface area (Å²) >= 11 is 1.43. The van der Waals surface area contributed by atoms with E-state index in [2.05, 4.69) is 14.3 Å². The van der Waals surface area contributed by atoms with Crippen molar-refractivity contribution in [3.8, 4) is 0 Å². The van der Waals surface area contributed by atoms with E-state index in [0.717, 1.165) is 50.0 Å². The Balaban J connectivity index is 0.00000220. The number of nitrogens with two attached hydrogens (primary N) is 1. The fourth-order valence-electron chi connectivity index (χ4n) is 2.28. The van der Waals surface area contributed by atoms with E-state index in [4.69, 9.17) is 5.73 Å². The number of halogens is 2. The second-order valence-corrected chi connectivity index (χ2v) is 6.09. The van der Waals surface area contributed by atoms with Crippen LogP contribution in [0.25, 0.3) is 0 Å². The molecule has 1 aliphatic heterocycles. The number of hydrogen-bond acceptors (Lipinski definition) is 6. The van der Waals surface area contributed by atoms with Crippen molar-refractivity contribution in [1.29, 1.82) is 0 Å². The van der Waals surface area contributed by atoms with Crippen LogP contribution in [0.1, 0.15) is 32.0 Å². The highest BCUT2D eigenvalue weighted by molar-refractivity contribution is 7.09. The van der Waals surface area contributed by atoms with Crippen molar-refractivity contribution in [3.05, 3.63) is 5.82 Å². The molecule has 1 unspecified atom stereocenters. The van der Waals surface area contributed by atoms with Crippen LogP contribution in [0.2, 0.25) is 0 Å². The average molecular weight is 370 g/mol. The molecule has 128 valence electrons. The maximum atomic E-state index is 12.1. The zero-order chi connectivity index (χ0) is 14.5. The number of amides is 1.